The summed E-state index contributed by atoms with van der Waals surface area (Å²) in [5, 5.41) is 0. The molecule has 0 N–H and O–H groups in total. The van der Waals surface area contributed by atoms with Gasteiger partial charge in [0.25, 0.3) is 0 Å². The molecular weight excluding hydrogens is 822 g/mol. The third kappa shape index (κ3) is 36.3. The van der Waals surface area contributed by atoms with E-state index < -0.39 is 0 Å². The maximum atomic E-state index is 0. The first-order valence-corrected chi connectivity index (χ1v) is 0. The van der Waals surface area contributed by atoms with Crippen LogP contribution in [-0.4, -0.2) is 271 Å². The SMILES string of the molecule is [Ca].[Ca].[Ca].[Ca].[Ca].[Pb].[Pb].[Pb]. The molecule has 0 aromatic heterocycles. The maximum absolute atomic E-state index is 0. The van der Waals surface area contributed by atoms with E-state index in [-0.39, 0.29) is 271 Å². The Morgan fingerprint density at radius 2 is 0.250 bits per heavy atom. The Hall–Kier alpha value is 9.06. The van der Waals surface area contributed by atoms with Crippen molar-refractivity contribution >= 4 is 271 Å². The van der Waals surface area contributed by atoms with Crippen LogP contribution in [0.2, 0.25) is 0 Å². The van der Waals surface area contributed by atoms with E-state index in [0.29, 0.717) is 0 Å². The first-order chi connectivity index (χ1) is 0. The zero-order valence-corrected chi connectivity index (χ0v) is 27.7. The summed E-state index contributed by atoms with van der Waals surface area (Å²) < 4.78 is 0. The van der Waals surface area contributed by atoms with E-state index in [9.17, 15) is 0 Å². The average molecular weight is 822 g/mol. The van der Waals surface area contributed by atoms with Crippen molar-refractivity contribution in [2.45, 2.75) is 0 Å². The maximum Gasteiger partial charge on any atom is 0 e. The van der Waals surface area contributed by atoms with Gasteiger partial charge in [-0.25, -0.2) is 0 Å². The summed E-state index contributed by atoms with van der Waals surface area (Å²) in [5.41, 5.74) is 0. The third-order valence-corrected chi connectivity index (χ3v) is 0. The predicted octanol–water partition coefficient (Wildman–Crippen LogP) is -3.05. The second kappa shape index (κ2) is 44.4. The Morgan fingerprint density at radius 1 is 0.250 bits per heavy atom. The Morgan fingerprint density at radius 3 is 0.250 bits per heavy atom. The molecule has 0 aliphatic carbocycles. The molecule has 0 spiro atoms. The van der Waals surface area contributed by atoms with Crippen molar-refractivity contribution in [2.24, 2.45) is 0 Å². The van der Waals surface area contributed by atoms with E-state index >= 15 is 0 Å². The topological polar surface area (TPSA) is 0 Å². The summed E-state index contributed by atoms with van der Waals surface area (Å²) in [5.74, 6) is 0. The molecule has 0 aliphatic heterocycles. The van der Waals surface area contributed by atoms with Gasteiger partial charge in [0.1, 0.15) is 0 Å². The zero-order chi connectivity index (χ0) is 0. The second-order valence-electron chi connectivity index (χ2n) is 0. The van der Waals surface area contributed by atoms with Crippen LogP contribution in [0.15, 0.2) is 0 Å². The molecule has 22 radical (unpaired) electrons. The molecule has 0 rings (SSSR count). The summed E-state index contributed by atoms with van der Waals surface area (Å²) in [6.45, 7) is 0. The third-order valence-electron chi connectivity index (χ3n) is 0. The fourth-order valence-corrected chi connectivity index (χ4v) is 0. The molecule has 0 fully saturated rings. The Balaban J connectivity index is 0. The number of rotatable bonds is 0. The van der Waals surface area contributed by atoms with Crippen molar-refractivity contribution in [3.05, 3.63) is 0 Å². The molecular formula is Ca5Pb3. The summed E-state index contributed by atoms with van der Waals surface area (Å²) in [7, 11) is 0. The van der Waals surface area contributed by atoms with Crippen molar-refractivity contribution in [3.8, 4) is 0 Å². The van der Waals surface area contributed by atoms with Gasteiger partial charge >= 0.3 is 0 Å². The molecule has 0 heterocycles. The molecule has 0 aromatic carbocycles. The molecule has 0 atom stereocenters. The molecule has 8 heavy (non-hydrogen) atoms. The monoisotopic (exact) mass is 824 g/mol. The quantitative estimate of drug-likeness (QED) is 0.229. The second-order valence-corrected chi connectivity index (χ2v) is 0. The standard InChI is InChI=1S/5Ca.3Pb. The van der Waals surface area contributed by atoms with E-state index in [1.807, 2.05) is 0 Å². The van der Waals surface area contributed by atoms with Crippen molar-refractivity contribution in [1.82, 2.24) is 0 Å². The van der Waals surface area contributed by atoms with Gasteiger partial charge in [0, 0.05) is 271 Å². The Labute approximate surface area is 261 Å². The minimum Gasteiger partial charge on any atom is 0 e. The van der Waals surface area contributed by atoms with Crippen LogP contribution >= 0.6 is 0 Å². The summed E-state index contributed by atoms with van der Waals surface area (Å²) in [6, 6.07) is 0. The van der Waals surface area contributed by atoms with Crippen LogP contribution in [0.5, 0.6) is 0 Å². The van der Waals surface area contributed by atoms with Gasteiger partial charge in [0.2, 0.25) is 0 Å². The fourth-order valence-electron chi connectivity index (χ4n) is 0. The largest absolute Gasteiger partial charge is 0 e. The Bertz CT molecular complexity index is 7.64. The minimum atomic E-state index is 0. The van der Waals surface area contributed by atoms with Crippen LogP contribution in [0.25, 0.3) is 0 Å². The molecule has 0 aromatic rings. The van der Waals surface area contributed by atoms with Gasteiger partial charge in [-0.05, 0) is 0 Å². The minimum absolute atomic E-state index is 0. The molecule has 0 unspecified atom stereocenters. The first kappa shape index (κ1) is 53.6. The van der Waals surface area contributed by atoms with E-state index in [1.54, 1.807) is 0 Å². The Kier molecular flexibility index (Phi) is 297. The van der Waals surface area contributed by atoms with Gasteiger partial charge in [-0.2, -0.15) is 0 Å². The van der Waals surface area contributed by atoms with E-state index in [2.05, 4.69) is 0 Å². The summed E-state index contributed by atoms with van der Waals surface area (Å²) in [6.07, 6.45) is 0. The smallest absolute Gasteiger partial charge is 0 e. The van der Waals surface area contributed by atoms with E-state index in [0.717, 1.165) is 0 Å². The van der Waals surface area contributed by atoms with Gasteiger partial charge in [-0.3, -0.25) is 0 Å². The normalized spacial score (nSPS) is 0. The summed E-state index contributed by atoms with van der Waals surface area (Å²) in [4.78, 5) is 0. The molecule has 0 aliphatic rings. The van der Waals surface area contributed by atoms with Crippen LogP contribution < -0.4 is 0 Å². The van der Waals surface area contributed by atoms with Crippen molar-refractivity contribution < 1.29 is 0 Å². The fraction of sp³-hybridized carbons (Fsp3) is 0. The van der Waals surface area contributed by atoms with Crippen LogP contribution in [0.4, 0.5) is 0 Å². The van der Waals surface area contributed by atoms with Crippen LogP contribution in [-0.2, 0) is 0 Å². The molecule has 0 amide bonds. The molecule has 0 saturated carbocycles. The first-order valence-electron chi connectivity index (χ1n) is 0. The molecule has 0 bridgehead atoms. The van der Waals surface area contributed by atoms with E-state index in [1.165, 1.54) is 0 Å². The molecule has 22 valence electrons. The van der Waals surface area contributed by atoms with Crippen LogP contribution in [0.1, 0.15) is 0 Å². The predicted molar refractivity (Wildman–Crippen MR) is 46.0 cm³/mol. The van der Waals surface area contributed by atoms with Gasteiger partial charge in [-0.1, -0.05) is 0 Å². The summed E-state index contributed by atoms with van der Waals surface area (Å²) >= 11 is 0. The van der Waals surface area contributed by atoms with Crippen LogP contribution in [0.3, 0.4) is 0 Å². The molecule has 0 saturated heterocycles. The van der Waals surface area contributed by atoms with Crippen LogP contribution in [0, 0.1) is 0 Å². The molecule has 8 heteroatoms. The van der Waals surface area contributed by atoms with Gasteiger partial charge in [0.05, 0.1) is 0 Å². The average Bonchev–Trinajstić information content (AvgIpc) is 0. The van der Waals surface area contributed by atoms with Crippen molar-refractivity contribution in [3.63, 3.8) is 0 Å². The van der Waals surface area contributed by atoms with Crippen molar-refractivity contribution in [1.29, 1.82) is 0 Å². The van der Waals surface area contributed by atoms with Crippen molar-refractivity contribution in [2.75, 3.05) is 0 Å². The van der Waals surface area contributed by atoms with Gasteiger partial charge in [0.15, 0.2) is 0 Å². The zero-order valence-electron chi connectivity index (χ0n) is 5.04. The van der Waals surface area contributed by atoms with Gasteiger partial charge < -0.3 is 0 Å². The molecule has 0 nitrogen and oxygen atoms in total. The number of hydrogen-bond donors (Lipinski definition) is 0. The number of hydrogen-bond acceptors (Lipinski definition) is 0. The van der Waals surface area contributed by atoms with E-state index in [4.69, 9.17) is 0 Å². The van der Waals surface area contributed by atoms with Gasteiger partial charge in [-0.15, -0.1) is 0 Å².